The van der Waals surface area contributed by atoms with Crippen LogP contribution in [0.4, 0.5) is 13.2 Å². The normalized spacial score (nSPS) is 12.4. The van der Waals surface area contributed by atoms with Crippen LogP contribution in [-0.2, 0) is 14.9 Å². The van der Waals surface area contributed by atoms with Crippen LogP contribution in [0.1, 0.15) is 19.8 Å². The van der Waals surface area contributed by atoms with Gasteiger partial charge >= 0.3 is 15.4 Å². The molecule has 0 radical (unpaired) electrons. The van der Waals surface area contributed by atoms with Crippen molar-refractivity contribution in [2.75, 3.05) is 0 Å². The Morgan fingerprint density at radius 3 is 1.83 bits per heavy atom. The van der Waals surface area contributed by atoms with Gasteiger partial charge in [-0.15, -0.1) is 0 Å². The van der Waals surface area contributed by atoms with E-state index in [4.69, 9.17) is 4.55 Å². The fourth-order valence-corrected chi connectivity index (χ4v) is 3.21. The monoisotopic (exact) mass is 446 g/mol. The lowest BCUT2D eigenvalue weighted by molar-refractivity contribution is -0.116. The Balaban J connectivity index is 0.000000294. The predicted molar refractivity (Wildman–Crippen MR) is 107 cm³/mol. The molecule has 0 heterocycles. The summed E-state index contributed by atoms with van der Waals surface area (Å²) in [6, 6.07) is 20.8. The smallest absolute Gasteiger partial charge is 0.295 e. The second kappa shape index (κ2) is 11.2. The highest BCUT2D eigenvalue weighted by Gasteiger charge is 2.52. The van der Waals surface area contributed by atoms with Crippen molar-refractivity contribution >= 4 is 27.7 Å². The molecule has 158 valence electrons. The Bertz CT molecular complexity index is 864. The molecule has 1 atom stereocenters. The molecular formula is C20H21F3O4S2. The van der Waals surface area contributed by atoms with Gasteiger partial charge in [0.05, 0.1) is 0 Å². The van der Waals surface area contributed by atoms with Gasteiger partial charge in [-0.25, -0.2) is 4.39 Å². The number of rotatable bonds is 8. The molecule has 9 heteroatoms. The zero-order valence-electron chi connectivity index (χ0n) is 15.6. The van der Waals surface area contributed by atoms with Crippen molar-refractivity contribution in [3.63, 3.8) is 0 Å². The number of hydrogen-bond acceptors (Lipinski definition) is 4. The highest BCUT2D eigenvalue weighted by atomic mass is 32.2. The van der Waals surface area contributed by atoms with E-state index in [1.54, 1.807) is 11.8 Å². The van der Waals surface area contributed by atoms with Gasteiger partial charge in [-0.2, -0.15) is 17.2 Å². The van der Waals surface area contributed by atoms with Crippen molar-refractivity contribution in [1.82, 2.24) is 0 Å². The summed E-state index contributed by atoms with van der Waals surface area (Å²) in [6.45, 7) is 4.53. The fraction of sp³-hybridized carbons (Fsp3) is 0.250. The molecule has 0 aliphatic carbocycles. The number of benzene rings is 2. The first-order chi connectivity index (χ1) is 13.4. The Labute approximate surface area is 172 Å². The van der Waals surface area contributed by atoms with Gasteiger partial charge in [0, 0.05) is 16.2 Å². The number of carbonyl (C=O) groups excluding carboxylic acids is 1. The lowest BCUT2D eigenvalue weighted by Gasteiger charge is -2.16. The van der Waals surface area contributed by atoms with E-state index in [0.29, 0.717) is 0 Å². The molecule has 29 heavy (non-hydrogen) atoms. The molecule has 2 aromatic carbocycles. The molecule has 0 aliphatic rings. The van der Waals surface area contributed by atoms with Gasteiger partial charge in [-0.3, -0.25) is 9.35 Å². The Hall–Kier alpha value is -2.10. The first kappa shape index (κ1) is 24.9. The Kier molecular flexibility index (Phi) is 9.61. The van der Waals surface area contributed by atoms with Crippen LogP contribution in [0.5, 0.6) is 0 Å². The number of hydrogen-bond donors (Lipinski definition) is 1. The van der Waals surface area contributed by atoms with Crippen molar-refractivity contribution < 1.29 is 30.9 Å². The molecule has 0 saturated carbocycles. The van der Waals surface area contributed by atoms with Crippen molar-refractivity contribution in [2.24, 2.45) is 0 Å². The number of ketones is 1. The van der Waals surface area contributed by atoms with E-state index in [2.05, 4.69) is 55.1 Å². The van der Waals surface area contributed by atoms with E-state index in [1.165, 1.54) is 16.7 Å². The van der Waals surface area contributed by atoms with E-state index in [0.717, 1.165) is 0 Å². The SMILES string of the molecule is C=C(C)C(=O)CCC(F)C(F)(F)S(=O)(=O)O.c1ccc(Sc2ccccc2)cc1. The highest BCUT2D eigenvalue weighted by molar-refractivity contribution is 7.99. The van der Waals surface area contributed by atoms with Gasteiger partial charge in [0.1, 0.15) is 0 Å². The summed E-state index contributed by atoms with van der Waals surface area (Å²) < 4.78 is 66.4. The third-order valence-electron chi connectivity index (χ3n) is 3.53. The van der Waals surface area contributed by atoms with Gasteiger partial charge in [0.25, 0.3) is 0 Å². The lowest BCUT2D eigenvalue weighted by Crippen LogP contribution is -2.38. The van der Waals surface area contributed by atoms with Gasteiger partial charge in [-0.05, 0) is 43.2 Å². The summed E-state index contributed by atoms with van der Waals surface area (Å²) in [5.41, 5.74) is 0.0578. The van der Waals surface area contributed by atoms with Crippen LogP contribution in [0.3, 0.4) is 0 Å². The predicted octanol–water partition coefficient (Wildman–Crippen LogP) is 5.57. The van der Waals surface area contributed by atoms with Gasteiger partial charge in [0.2, 0.25) is 0 Å². The third kappa shape index (κ3) is 8.43. The average molecular weight is 447 g/mol. The van der Waals surface area contributed by atoms with E-state index < -0.39 is 40.2 Å². The van der Waals surface area contributed by atoms with Crippen molar-refractivity contribution in [3.05, 3.63) is 72.8 Å². The van der Waals surface area contributed by atoms with Crippen molar-refractivity contribution in [1.29, 1.82) is 0 Å². The van der Waals surface area contributed by atoms with Gasteiger partial charge in [0.15, 0.2) is 12.0 Å². The minimum absolute atomic E-state index is 0.0578. The molecule has 1 N–H and O–H groups in total. The molecule has 0 bridgehead atoms. The van der Waals surface area contributed by atoms with E-state index in [9.17, 15) is 26.4 Å². The quantitative estimate of drug-likeness (QED) is 0.424. The molecule has 1 unspecified atom stereocenters. The second-order valence-electron chi connectivity index (χ2n) is 5.97. The standard InChI is InChI=1S/C12H10S.C8H11F3O4S/c1-3-7-11(8-4-1)13-12-9-5-2-6-10-12;1-5(2)6(12)3-4-7(9)8(10,11)16(13,14)15/h1-10H;7H,1,3-4H2,2H3,(H,13,14,15). The minimum Gasteiger partial charge on any atom is -0.295 e. The zero-order chi connectivity index (χ0) is 22.1. The molecule has 0 fully saturated rings. The number of halogens is 3. The van der Waals surface area contributed by atoms with Gasteiger partial charge < -0.3 is 0 Å². The summed E-state index contributed by atoms with van der Waals surface area (Å²) in [4.78, 5) is 13.5. The van der Waals surface area contributed by atoms with Crippen LogP contribution in [0, 0.1) is 0 Å². The van der Waals surface area contributed by atoms with Crippen molar-refractivity contribution in [2.45, 2.75) is 41.0 Å². The molecule has 2 aromatic rings. The molecule has 0 saturated heterocycles. The first-order valence-corrected chi connectivity index (χ1v) is 10.7. The zero-order valence-corrected chi connectivity index (χ0v) is 17.2. The topological polar surface area (TPSA) is 71.4 Å². The molecule has 0 aliphatic heterocycles. The number of carbonyl (C=O) groups is 1. The van der Waals surface area contributed by atoms with Crippen LogP contribution in [0.25, 0.3) is 0 Å². The molecule has 4 nitrogen and oxygen atoms in total. The Morgan fingerprint density at radius 2 is 1.48 bits per heavy atom. The fourth-order valence-electron chi connectivity index (χ4n) is 1.91. The molecule has 0 amide bonds. The summed E-state index contributed by atoms with van der Waals surface area (Å²) in [5.74, 6) is -0.645. The first-order valence-electron chi connectivity index (χ1n) is 8.40. The van der Waals surface area contributed by atoms with Gasteiger partial charge in [-0.1, -0.05) is 54.7 Å². The van der Waals surface area contributed by atoms with Crippen LogP contribution in [-0.4, -0.2) is 30.2 Å². The average Bonchev–Trinajstić information content (AvgIpc) is 2.67. The van der Waals surface area contributed by atoms with E-state index in [1.807, 2.05) is 12.1 Å². The molecule has 0 aromatic heterocycles. The maximum atomic E-state index is 12.8. The number of alkyl halides is 3. The van der Waals surface area contributed by atoms with Crippen LogP contribution >= 0.6 is 11.8 Å². The number of Topliss-reactive ketones (excluding diaryl/α,β-unsaturated/α-hetero) is 1. The summed E-state index contributed by atoms with van der Waals surface area (Å²) in [7, 11) is -5.81. The summed E-state index contributed by atoms with van der Waals surface area (Å²) in [6.07, 6.45) is -4.73. The Morgan fingerprint density at radius 1 is 1.07 bits per heavy atom. The number of allylic oxidation sites excluding steroid dienone is 1. The third-order valence-corrected chi connectivity index (χ3v) is 5.49. The molecule has 0 spiro atoms. The van der Waals surface area contributed by atoms with Crippen molar-refractivity contribution in [3.8, 4) is 0 Å². The maximum Gasteiger partial charge on any atom is 0.400 e. The molecular weight excluding hydrogens is 425 g/mol. The highest BCUT2D eigenvalue weighted by Crippen LogP contribution is 2.30. The molecule has 2 rings (SSSR count). The minimum atomic E-state index is -5.81. The van der Waals surface area contributed by atoms with Crippen LogP contribution in [0.2, 0.25) is 0 Å². The maximum absolute atomic E-state index is 12.8. The van der Waals surface area contributed by atoms with Crippen LogP contribution < -0.4 is 0 Å². The van der Waals surface area contributed by atoms with E-state index >= 15 is 0 Å². The second-order valence-corrected chi connectivity index (χ2v) is 8.62. The van der Waals surface area contributed by atoms with E-state index in [-0.39, 0.29) is 5.57 Å². The largest absolute Gasteiger partial charge is 0.400 e. The summed E-state index contributed by atoms with van der Waals surface area (Å²) in [5, 5.41) is -4.90. The summed E-state index contributed by atoms with van der Waals surface area (Å²) >= 11 is 1.79. The lowest BCUT2D eigenvalue weighted by atomic mass is 10.1. The van der Waals surface area contributed by atoms with Crippen LogP contribution in [0.15, 0.2) is 82.6 Å².